The number of aryl methyl sites for hydroxylation is 1. The molecule has 1 aliphatic heterocycles. The summed E-state index contributed by atoms with van der Waals surface area (Å²) in [5.41, 5.74) is 2.18. The summed E-state index contributed by atoms with van der Waals surface area (Å²) in [5.74, 6) is 2.75. The highest BCUT2D eigenvalue weighted by Crippen LogP contribution is 2.28. The van der Waals surface area contributed by atoms with E-state index in [-0.39, 0.29) is 0 Å². The molecule has 2 aromatic heterocycles. The van der Waals surface area contributed by atoms with E-state index in [4.69, 9.17) is 0 Å². The summed E-state index contributed by atoms with van der Waals surface area (Å²) in [7, 11) is 0. The highest BCUT2D eigenvalue weighted by atomic mass is 15.3. The van der Waals surface area contributed by atoms with Crippen molar-refractivity contribution in [3.05, 3.63) is 24.2 Å². The lowest BCUT2D eigenvalue weighted by molar-refractivity contribution is 0.311. The number of aromatic nitrogens is 3. The van der Waals surface area contributed by atoms with E-state index in [9.17, 15) is 0 Å². The van der Waals surface area contributed by atoms with Crippen LogP contribution in [0.4, 0.5) is 5.82 Å². The summed E-state index contributed by atoms with van der Waals surface area (Å²) >= 11 is 0. The SMILES string of the molecule is Cc1cc2c(N3CCC(C(C)C)CC3)nccn2n1. The minimum atomic E-state index is 0.795. The molecule has 2 aromatic rings. The predicted octanol–water partition coefficient (Wildman–Crippen LogP) is 2.91. The van der Waals surface area contributed by atoms with Crippen LogP contribution in [0, 0.1) is 18.8 Å². The fourth-order valence-electron chi connectivity index (χ4n) is 3.05. The van der Waals surface area contributed by atoms with Gasteiger partial charge in [0.1, 0.15) is 5.52 Å². The highest BCUT2D eigenvalue weighted by Gasteiger charge is 2.23. The normalized spacial score (nSPS) is 17.6. The van der Waals surface area contributed by atoms with Gasteiger partial charge in [0.15, 0.2) is 5.82 Å². The van der Waals surface area contributed by atoms with Crippen molar-refractivity contribution in [3.63, 3.8) is 0 Å². The molecule has 0 bridgehead atoms. The minimum absolute atomic E-state index is 0.795. The van der Waals surface area contributed by atoms with Gasteiger partial charge in [0.05, 0.1) is 5.69 Å². The molecule has 0 radical (unpaired) electrons. The number of hydrogen-bond donors (Lipinski definition) is 0. The quantitative estimate of drug-likeness (QED) is 0.830. The van der Waals surface area contributed by atoms with Crippen molar-refractivity contribution in [1.29, 1.82) is 0 Å². The van der Waals surface area contributed by atoms with Crippen molar-refractivity contribution in [2.75, 3.05) is 18.0 Å². The number of anilines is 1. The lowest BCUT2D eigenvalue weighted by Gasteiger charge is -2.34. The van der Waals surface area contributed by atoms with Crippen molar-refractivity contribution >= 4 is 11.3 Å². The van der Waals surface area contributed by atoms with Gasteiger partial charge in [0.2, 0.25) is 0 Å². The van der Waals surface area contributed by atoms with Gasteiger partial charge >= 0.3 is 0 Å². The first-order chi connectivity index (χ1) is 9.15. The van der Waals surface area contributed by atoms with Crippen LogP contribution in [-0.2, 0) is 0 Å². The van der Waals surface area contributed by atoms with Crippen LogP contribution in [0.25, 0.3) is 5.52 Å². The van der Waals surface area contributed by atoms with Crippen molar-refractivity contribution < 1.29 is 0 Å². The second kappa shape index (κ2) is 4.83. The Hall–Kier alpha value is -1.58. The molecule has 4 nitrogen and oxygen atoms in total. The van der Waals surface area contributed by atoms with Crippen molar-refractivity contribution in [3.8, 4) is 0 Å². The number of rotatable bonds is 2. The zero-order valence-corrected chi connectivity index (χ0v) is 12.0. The fraction of sp³-hybridized carbons (Fsp3) is 0.600. The van der Waals surface area contributed by atoms with Gasteiger partial charge in [-0.1, -0.05) is 13.8 Å². The van der Waals surface area contributed by atoms with Crippen LogP contribution in [0.1, 0.15) is 32.4 Å². The van der Waals surface area contributed by atoms with Crippen LogP contribution in [0.15, 0.2) is 18.5 Å². The summed E-state index contributed by atoms with van der Waals surface area (Å²) in [6, 6.07) is 2.12. The Labute approximate surface area is 114 Å². The third-order valence-corrected chi connectivity index (χ3v) is 4.27. The zero-order valence-electron chi connectivity index (χ0n) is 12.0. The molecule has 1 fully saturated rings. The topological polar surface area (TPSA) is 33.4 Å². The molecule has 19 heavy (non-hydrogen) atoms. The largest absolute Gasteiger partial charge is 0.355 e. The van der Waals surface area contributed by atoms with Crippen molar-refractivity contribution in [2.45, 2.75) is 33.6 Å². The van der Waals surface area contributed by atoms with E-state index in [1.807, 2.05) is 23.8 Å². The number of nitrogens with zero attached hydrogens (tertiary/aromatic N) is 4. The molecule has 0 atom stereocenters. The maximum absolute atomic E-state index is 4.58. The molecule has 0 saturated carbocycles. The molecule has 0 N–H and O–H groups in total. The lowest BCUT2D eigenvalue weighted by atomic mass is 9.87. The molecular formula is C15H22N4. The molecule has 0 spiro atoms. The number of fused-ring (bicyclic) bond motifs is 1. The monoisotopic (exact) mass is 258 g/mol. The van der Waals surface area contributed by atoms with Gasteiger partial charge in [0.25, 0.3) is 0 Å². The molecule has 1 saturated heterocycles. The molecule has 3 heterocycles. The smallest absolute Gasteiger partial charge is 0.154 e. The van der Waals surface area contributed by atoms with E-state index in [0.717, 1.165) is 42.0 Å². The number of piperidine rings is 1. The average molecular weight is 258 g/mol. The van der Waals surface area contributed by atoms with Gasteiger partial charge in [-0.3, -0.25) is 0 Å². The molecule has 102 valence electrons. The van der Waals surface area contributed by atoms with Crippen LogP contribution in [0.5, 0.6) is 0 Å². The molecule has 4 heteroatoms. The van der Waals surface area contributed by atoms with Crippen LogP contribution in [-0.4, -0.2) is 27.7 Å². The Bertz CT molecular complexity index is 565. The van der Waals surface area contributed by atoms with Gasteiger partial charge in [-0.2, -0.15) is 5.10 Å². The first-order valence-corrected chi connectivity index (χ1v) is 7.21. The third-order valence-electron chi connectivity index (χ3n) is 4.27. The summed E-state index contributed by atoms with van der Waals surface area (Å²) in [5, 5.41) is 4.46. The van der Waals surface area contributed by atoms with E-state index < -0.39 is 0 Å². The molecule has 0 aromatic carbocycles. The van der Waals surface area contributed by atoms with Gasteiger partial charge < -0.3 is 4.90 Å². The highest BCUT2D eigenvalue weighted by molar-refractivity contribution is 5.69. The van der Waals surface area contributed by atoms with Gasteiger partial charge in [-0.15, -0.1) is 0 Å². The van der Waals surface area contributed by atoms with Crippen LogP contribution in [0.3, 0.4) is 0 Å². The predicted molar refractivity (Wildman–Crippen MR) is 77.5 cm³/mol. The van der Waals surface area contributed by atoms with E-state index in [0.29, 0.717) is 0 Å². The maximum Gasteiger partial charge on any atom is 0.154 e. The zero-order chi connectivity index (χ0) is 13.4. The molecule has 3 rings (SSSR count). The van der Waals surface area contributed by atoms with Gasteiger partial charge in [-0.25, -0.2) is 9.50 Å². The molecule has 0 aliphatic carbocycles. The van der Waals surface area contributed by atoms with E-state index in [1.54, 1.807) is 0 Å². The Kier molecular flexibility index (Phi) is 3.17. The molecular weight excluding hydrogens is 236 g/mol. The van der Waals surface area contributed by atoms with E-state index >= 15 is 0 Å². The second-order valence-electron chi connectivity index (χ2n) is 5.93. The molecule has 0 unspecified atom stereocenters. The van der Waals surface area contributed by atoms with Crippen molar-refractivity contribution in [2.24, 2.45) is 11.8 Å². The molecule has 0 amide bonds. The van der Waals surface area contributed by atoms with Crippen molar-refractivity contribution in [1.82, 2.24) is 14.6 Å². The van der Waals surface area contributed by atoms with E-state index in [2.05, 4.69) is 34.9 Å². The Balaban J connectivity index is 1.85. The second-order valence-corrected chi connectivity index (χ2v) is 5.93. The summed E-state index contributed by atoms with van der Waals surface area (Å²) in [4.78, 5) is 6.99. The summed E-state index contributed by atoms with van der Waals surface area (Å²) in [6.45, 7) is 8.92. The lowest BCUT2D eigenvalue weighted by Crippen LogP contribution is -2.36. The first-order valence-electron chi connectivity index (χ1n) is 7.21. The fourth-order valence-corrected chi connectivity index (χ4v) is 3.05. The maximum atomic E-state index is 4.58. The summed E-state index contributed by atoms with van der Waals surface area (Å²) < 4.78 is 1.94. The van der Waals surface area contributed by atoms with E-state index in [1.165, 1.54) is 12.8 Å². The summed E-state index contributed by atoms with van der Waals surface area (Å²) in [6.07, 6.45) is 6.32. The minimum Gasteiger partial charge on any atom is -0.355 e. The van der Waals surface area contributed by atoms with Gasteiger partial charge in [-0.05, 0) is 37.7 Å². The van der Waals surface area contributed by atoms with Crippen LogP contribution in [0.2, 0.25) is 0 Å². The Morgan fingerprint density at radius 1 is 1.26 bits per heavy atom. The number of hydrogen-bond acceptors (Lipinski definition) is 3. The Morgan fingerprint density at radius 2 is 2.00 bits per heavy atom. The Morgan fingerprint density at radius 3 is 2.68 bits per heavy atom. The first kappa shape index (κ1) is 12.5. The average Bonchev–Trinajstić information content (AvgIpc) is 2.78. The molecule has 1 aliphatic rings. The standard InChI is InChI=1S/C15H22N4/c1-11(2)13-4-7-18(8-5-13)15-14-10-12(3)17-19(14)9-6-16-15/h6,9-11,13H,4-5,7-8H2,1-3H3. The van der Waals surface area contributed by atoms with Gasteiger partial charge in [0, 0.05) is 25.5 Å². The third kappa shape index (κ3) is 2.31. The van der Waals surface area contributed by atoms with Crippen LogP contribution >= 0.6 is 0 Å². The van der Waals surface area contributed by atoms with Crippen LogP contribution < -0.4 is 4.90 Å².